The lowest BCUT2D eigenvalue weighted by atomic mass is 9.91. The summed E-state index contributed by atoms with van der Waals surface area (Å²) in [5.41, 5.74) is 6.98. The van der Waals surface area contributed by atoms with Gasteiger partial charge in [0.25, 0.3) is 5.91 Å². The van der Waals surface area contributed by atoms with Crippen LogP contribution in [0.1, 0.15) is 34.5 Å². The second-order valence-corrected chi connectivity index (χ2v) is 9.30. The number of ether oxygens (including phenoxy) is 2. The smallest absolute Gasteiger partial charge is 0.251 e. The molecule has 3 aromatic rings. The summed E-state index contributed by atoms with van der Waals surface area (Å²) in [6.45, 7) is 0.0685. The van der Waals surface area contributed by atoms with E-state index in [1.165, 1.54) is 25.3 Å². The number of hydrogen-bond donors (Lipinski definition) is 4. The third-order valence-corrected chi connectivity index (χ3v) is 6.62. The average molecular weight is 530 g/mol. The van der Waals surface area contributed by atoms with Crippen molar-refractivity contribution in [3.63, 3.8) is 0 Å². The standard InChI is InChI=1S/C27H29ClFN3O5/c1-36-24-13-18(3-7-23(24)37-9-8-33)26(34)31-15-27(35,19-4-5-19)25-11-16(14-30)10-22(32-25)17-2-6-21(29)20(28)12-17/h2-3,6-7,10-13,19,33,35H,4-5,8-9,14-15,30H2,1H3,(H,31,34). The summed E-state index contributed by atoms with van der Waals surface area (Å²) < 4.78 is 24.4. The van der Waals surface area contributed by atoms with Gasteiger partial charge in [-0.2, -0.15) is 0 Å². The maximum absolute atomic E-state index is 13.7. The monoisotopic (exact) mass is 529 g/mol. The molecule has 4 rings (SSSR count). The van der Waals surface area contributed by atoms with Crippen molar-refractivity contribution in [2.75, 3.05) is 26.9 Å². The van der Waals surface area contributed by atoms with Gasteiger partial charge in [-0.15, -0.1) is 0 Å². The van der Waals surface area contributed by atoms with Crippen LogP contribution in [-0.2, 0) is 12.1 Å². The molecule has 1 fully saturated rings. The number of carbonyl (C=O) groups is 1. The van der Waals surface area contributed by atoms with E-state index in [9.17, 15) is 14.3 Å². The average Bonchev–Trinajstić information content (AvgIpc) is 3.77. The maximum atomic E-state index is 13.7. The van der Waals surface area contributed by atoms with Crippen LogP contribution in [0.5, 0.6) is 11.5 Å². The van der Waals surface area contributed by atoms with E-state index in [1.54, 1.807) is 30.3 Å². The minimum Gasteiger partial charge on any atom is -0.493 e. The number of amides is 1. The van der Waals surface area contributed by atoms with Crippen molar-refractivity contribution < 1.29 is 28.9 Å². The van der Waals surface area contributed by atoms with E-state index in [1.807, 2.05) is 0 Å². The molecule has 1 saturated carbocycles. The first-order valence-electron chi connectivity index (χ1n) is 11.9. The Labute approximate surface area is 219 Å². The van der Waals surface area contributed by atoms with Crippen molar-refractivity contribution in [3.05, 3.63) is 76.2 Å². The van der Waals surface area contributed by atoms with Crippen molar-refractivity contribution in [1.29, 1.82) is 0 Å². The highest BCUT2D eigenvalue weighted by Crippen LogP contribution is 2.45. The maximum Gasteiger partial charge on any atom is 0.251 e. The normalized spacial score (nSPS) is 14.6. The van der Waals surface area contributed by atoms with Gasteiger partial charge in [-0.1, -0.05) is 11.6 Å². The fraction of sp³-hybridized carbons (Fsp3) is 0.333. The second-order valence-electron chi connectivity index (χ2n) is 8.90. The second kappa shape index (κ2) is 11.4. The molecule has 2 aromatic carbocycles. The fourth-order valence-electron chi connectivity index (χ4n) is 4.14. The van der Waals surface area contributed by atoms with E-state index in [-0.39, 0.29) is 37.2 Å². The zero-order chi connectivity index (χ0) is 26.6. The minimum absolute atomic E-state index is 0.0353. The molecule has 0 bridgehead atoms. The van der Waals surface area contributed by atoms with Gasteiger partial charge in [0.1, 0.15) is 18.0 Å². The molecule has 1 aliphatic rings. The van der Waals surface area contributed by atoms with Crippen LogP contribution < -0.4 is 20.5 Å². The molecular formula is C27H29ClFN3O5. The molecule has 1 aromatic heterocycles. The van der Waals surface area contributed by atoms with Crippen LogP contribution in [0.3, 0.4) is 0 Å². The quantitative estimate of drug-likeness (QED) is 0.300. The van der Waals surface area contributed by atoms with Gasteiger partial charge in [0.15, 0.2) is 11.5 Å². The molecule has 196 valence electrons. The molecule has 0 spiro atoms. The van der Waals surface area contributed by atoms with Gasteiger partial charge in [0.05, 0.1) is 36.7 Å². The predicted molar refractivity (Wildman–Crippen MR) is 137 cm³/mol. The van der Waals surface area contributed by atoms with Crippen molar-refractivity contribution in [2.45, 2.75) is 25.0 Å². The Morgan fingerprint density at radius 3 is 2.65 bits per heavy atom. The molecule has 8 nitrogen and oxygen atoms in total. The van der Waals surface area contributed by atoms with Gasteiger partial charge >= 0.3 is 0 Å². The van der Waals surface area contributed by atoms with Crippen LogP contribution in [0.2, 0.25) is 5.02 Å². The SMILES string of the molecule is COc1cc(C(=O)NCC(O)(c2cc(CN)cc(-c3ccc(F)c(Cl)c3)n2)C2CC2)ccc1OCCO. The van der Waals surface area contributed by atoms with Gasteiger partial charge in [-0.25, -0.2) is 9.37 Å². The predicted octanol–water partition coefficient (Wildman–Crippen LogP) is 3.41. The molecule has 1 aliphatic carbocycles. The number of rotatable bonds is 11. The Balaban J connectivity index is 1.60. The minimum atomic E-state index is -1.44. The van der Waals surface area contributed by atoms with Crippen molar-refractivity contribution in [3.8, 4) is 22.8 Å². The molecule has 1 amide bonds. The lowest BCUT2D eigenvalue weighted by Crippen LogP contribution is -2.43. The number of aliphatic hydroxyl groups excluding tert-OH is 1. The van der Waals surface area contributed by atoms with Crippen molar-refractivity contribution in [2.24, 2.45) is 11.7 Å². The number of pyridine rings is 1. The lowest BCUT2D eigenvalue weighted by Gasteiger charge is -2.29. The number of carbonyl (C=O) groups excluding carboxylic acids is 1. The Hall–Kier alpha value is -3.24. The molecule has 37 heavy (non-hydrogen) atoms. The highest BCUT2D eigenvalue weighted by Gasteiger charge is 2.46. The van der Waals surface area contributed by atoms with Gasteiger partial charge in [-0.3, -0.25) is 4.79 Å². The van der Waals surface area contributed by atoms with Crippen LogP contribution in [-0.4, -0.2) is 48.0 Å². The first-order valence-corrected chi connectivity index (χ1v) is 12.3. The van der Waals surface area contributed by atoms with Crippen LogP contribution in [0.15, 0.2) is 48.5 Å². The Morgan fingerprint density at radius 1 is 1.22 bits per heavy atom. The van der Waals surface area contributed by atoms with Crippen molar-refractivity contribution in [1.82, 2.24) is 10.3 Å². The molecule has 0 aliphatic heterocycles. The summed E-state index contributed by atoms with van der Waals surface area (Å²) in [5.74, 6) is -0.298. The van der Waals surface area contributed by atoms with E-state index in [2.05, 4.69) is 10.3 Å². The molecular weight excluding hydrogens is 501 g/mol. The summed E-state index contributed by atoms with van der Waals surface area (Å²) in [7, 11) is 1.46. The first-order chi connectivity index (χ1) is 17.8. The molecule has 5 N–H and O–H groups in total. The molecule has 0 saturated heterocycles. The van der Waals surface area contributed by atoms with Gasteiger partial charge in [0.2, 0.25) is 0 Å². The number of benzene rings is 2. The summed E-state index contributed by atoms with van der Waals surface area (Å²) >= 11 is 5.97. The largest absolute Gasteiger partial charge is 0.493 e. The zero-order valence-electron chi connectivity index (χ0n) is 20.3. The zero-order valence-corrected chi connectivity index (χ0v) is 21.1. The number of nitrogens with two attached hydrogens (primary N) is 1. The van der Waals surface area contributed by atoms with E-state index < -0.39 is 17.3 Å². The molecule has 0 radical (unpaired) electrons. The van der Waals surface area contributed by atoms with E-state index >= 15 is 0 Å². The summed E-state index contributed by atoms with van der Waals surface area (Å²) in [6, 6.07) is 12.5. The van der Waals surface area contributed by atoms with Gasteiger partial charge in [0, 0.05) is 17.7 Å². The fourth-order valence-corrected chi connectivity index (χ4v) is 4.32. The van der Waals surface area contributed by atoms with E-state index in [0.717, 1.165) is 18.4 Å². The molecule has 10 heteroatoms. The van der Waals surface area contributed by atoms with Crippen molar-refractivity contribution >= 4 is 17.5 Å². The van der Waals surface area contributed by atoms with Crippen LogP contribution in [0.25, 0.3) is 11.3 Å². The van der Waals surface area contributed by atoms with Gasteiger partial charge in [-0.05, 0) is 72.9 Å². The number of aliphatic hydroxyl groups is 2. The number of methoxy groups -OCH3 is 1. The van der Waals surface area contributed by atoms with E-state index in [0.29, 0.717) is 34.0 Å². The topological polar surface area (TPSA) is 127 Å². The Morgan fingerprint density at radius 2 is 2.00 bits per heavy atom. The number of nitrogens with one attached hydrogen (secondary N) is 1. The number of aromatic nitrogens is 1. The molecule has 1 unspecified atom stereocenters. The number of hydrogen-bond acceptors (Lipinski definition) is 7. The van der Waals surface area contributed by atoms with Gasteiger partial charge < -0.3 is 30.7 Å². The van der Waals surface area contributed by atoms with E-state index in [4.69, 9.17) is 31.9 Å². The highest BCUT2D eigenvalue weighted by molar-refractivity contribution is 6.31. The summed E-state index contributed by atoms with van der Waals surface area (Å²) in [6.07, 6.45) is 1.56. The number of nitrogens with zero attached hydrogens (tertiary/aromatic N) is 1. The summed E-state index contributed by atoms with van der Waals surface area (Å²) in [5, 5.41) is 23.5. The third kappa shape index (κ3) is 6.02. The number of halogens is 2. The summed E-state index contributed by atoms with van der Waals surface area (Å²) in [4.78, 5) is 17.7. The molecule has 1 heterocycles. The molecule has 1 atom stereocenters. The van der Waals surface area contributed by atoms with Crippen LogP contribution in [0, 0.1) is 11.7 Å². The first kappa shape index (κ1) is 26.8. The Bertz CT molecular complexity index is 1290. The Kier molecular flexibility index (Phi) is 8.29. The lowest BCUT2D eigenvalue weighted by molar-refractivity contribution is 0.00951. The van der Waals surface area contributed by atoms with Crippen LogP contribution >= 0.6 is 11.6 Å². The third-order valence-electron chi connectivity index (χ3n) is 6.33. The van der Waals surface area contributed by atoms with Crippen LogP contribution in [0.4, 0.5) is 4.39 Å². The highest BCUT2D eigenvalue weighted by atomic mass is 35.5.